The molecule has 0 bridgehead atoms. The molecule has 0 aromatic heterocycles. The molecule has 2 heteroatoms. The van der Waals surface area contributed by atoms with Crippen LogP contribution < -0.4 is 0 Å². The second-order valence-corrected chi connectivity index (χ2v) is 4.47. The van der Waals surface area contributed by atoms with Crippen molar-refractivity contribution in [1.82, 2.24) is 0 Å². The summed E-state index contributed by atoms with van der Waals surface area (Å²) in [5.41, 5.74) is 2.38. The highest BCUT2D eigenvalue weighted by atomic mass is 19.3. The molecule has 1 aromatic rings. The summed E-state index contributed by atoms with van der Waals surface area (Å²) in [6.45, 7) is 4.08. The van der Waals surface area contributed by atoms with Gasteiger partial charge in [-0.1, -0.05) is 49.6 Å². The molecule has 90 valence electrons. The Morgan fingerprint density at radius 3 is 2.56 bits per heavy atom. The zero-order valence-corrected chi connectivity index (χ0v) is 10.0. The molecule has 0 aliphatic heterocycles. The maximum atomic E-state index is 12.4. The van der Waals surface area contributed by atoms with Gasteiger partial charge in [0.05, 0.1) is 0 Å². The summed E-state index contributed by atoms with van der Waals surface area (Å²) in [7, 11) is 0. The number of aryl methyl sites for hydroxylation is 1. The van der Waals surface area contributed by atoms with Crippen molar-refractivity contribution in [1.29, 1.82) is 0 Å². The summed E-state index contributed by atoms with van der Waals surface area (Å²) in [5, 5.41) is 0. The van der Waals surface area contributed by atoms with Gasteiger partial charge in [0.1, 0.15) is 0 Å². The lowest BCUT2D eigenvalue weighted by Crippen LogP contribution is -2.09. The van der Waals surface area contributed by atoms with Crippen molar-refractivity contribution in [2.45, 2.75) is 46.0 Å². The van der Waals surface area contributed by atoms with Gasteiger partial charge in [-0.15, -0.1) is 0 Å². The van der Waals surface area contributed by atoms with E-state index < -0.39 is 6.43 Å². The van der Waals surface area contributed by atoms with Crippen molar-refractivity contribution in [3.63, 3.8) is 0 Å². The average molecular weight is 226 g/mol. The van der Waals surface area contributed by atoms with E-state index >= 15 is 0 Å². The molecule has 0 aliphatic rings. The minimum absolute atomic E-state index is 0.0295. The molecule has 0 saturated heterocycles. The lowest BCUT2D eigenvalue weighted by molar-refractivity contribution is 0.112. The van der Waals surface area contributed by atoms with Crippen LogP contribution in [0.25, 0.3) is 0 Å². The van der Waals surface area contributed by atoms with Crippen LogP contribution in [-0.4, -0.2) is 6.43 Å². The van der Waals surface area contributed by atoms with Crippen LogP contribution in [-0.2, 0) is 6.42 Å². The Labute approximate surface area is 96.7 Å². The third-order valence-corrected chi connectivity index (χ3v) is 2.82. The van der Waals surface area contributed by atoms with Crippen molar-refractivity contribution in [2.24, 2.45) is 5.92 Å². The summed E-state index contributed by atoms with van der Waals surface area (Å²) < 4.78 is 24.8. The fraction of sp³-hybridized carbons (Fsp3) is 0.571. The van der Waals surface area contributed by atoms with E-state index in [9.17, 15) is 8.78 Å². The maximum absolute atomic E-state index is 12.4. The summed E-state index contributed by atoms with van der Waals surface area (Å²) in [5.74, 6) is 0.117. The van der Waals surface area contributed by atoms with Gasteiger partial charge < -0.3 is 0 Å². The van der Waals surface area contributed by atoms with E-state index in [0.29, 0.717) is 0 Å². The fourth-order valence-electron chi connectivity index (χ4n) is 2.14. The summed E-state index contributed by atoms with van der Waals surface area (Å²) in [6.07, 6.45) is 0.490. The lowest BCUT2D eigenvalue weighted by atomic mass is 9.92. The average Bonchev–Trinajstić information content (AvgIpc) is 2.16. The van der Waals surface area contributed by atoms with Crippen molar-refractivity contribution >= 4 is 0 Å². The Balaban J connectivity index is 2.60. The van der Waals surface area contributed by atoms with Crippen molar-refractivity contribution in [2.75, 3.05) is 0 Å². The Bertz CT molecular complexity index is 307. The first kappa shape index (κ1) is 13.1. The van der Waals surface area contributed by atoms with Gasteiger partial charge in [-0.3, -0.25) is 0 Å². The molecule has 0 saturated carbocycles. The first-order valence-corrected chi connectivity index (χ1v) is 5.95. The normalized spacial score (nSPS) is 13.1. The Hall–Kier alpha value is -0.920. The van der Waals surface area contributed by atoms with Crippen LogP contribution in [0.4, 0.5) is 8.78 Å². The highest BCUT2D eigenvalue weighted by Gasteiger charge is 2.14. The predicted molar refractivity (Wildman–Crippen MR) is 63.9 cm³/mol. The van der Waals surface area contributed by atoms with Gasteiger partial charge >= 0.3 is 0 Å². The fourth-order valence-corrected chi connectivity index (χ4v) is 2.14. The molecular weight excluding hydrogens is 206 g/mol. The molecular formula is C14H20F2. The van der Waals surface area contributed by atoms with Gasteiger partial charge in [0.15, 0.2) is 0 Å². The third kappa shape index (κ3) is 4.73. The lowest BCUT2D eigenvalue weighted by Gasteiger charge is -2.15. The standard InChI is InChI=1S/C14H20F2/c1-3-5-12(10-14(15)16)9-13-7-4-6-11(2)8-13/h4,6-8,12,14H,3,5,9-10H2,1-2H3/t12-/m1/s1. The van der Waals surface area contributed by atoms with Gasteiger partial charge in [-0.2, -0.15) is 0 Å². The minimum Gasteiger partial charge on any atom is -0.211 e. The van der Waals surface area contributed by atoms with E-state index in [1.54, 1.807) is 0 Å². The van der Waals surface area contributed by atoms with Gasteiger partial charge in [0, 0.05) is 6.42 Å². The SMILES string of the molecule is CCC[C@H](Cc1cccc(C)c1)CC(F)F. The van der Waals surface area contributed by atoms with Gasteiger partial charge in [-0.05, 0) is 24.8 Å². The Morgan fingerprint density at radius 2 is 2.00 bits per heavy atom. The number of benzene rings is 1. The van der Waals surface area contributed by atoms with Crippen LogP contribution in [0, 0.1) is 12.8 Å². The van der Waals surface area contributed by atoms with Gasteiger partial charge in [0.25, 0.3) is 0 Å². The van der Waals surface area contributed by atoms with Crippen molar-refractivity contribution in [3.05, 3.63) is 35.4 Å². The first-order chi connectivity index (χ1) is 7.61. The predicted octanol–water partition coefficient (Wildman–Crippen LogP) is 4.61. The molecule has 0 fully saturated rings. The molecule has 0 N–H and O–H groups in total. The van der Waals surface area contributed by atoms with E-state index in [1.807, 2.05) is 25.1 Å². The number of hydrogen-bond donors (Lipinski definition) is 0. The molecule has 0 spiro atoms. The van der Waals surface area contributed by atoms with E-state index in [4.69, 9.17) is 0 Å². The van der Waals surface area contributed by atoms with Gasteiger partial charge in [0.2, 0.25) is 6.43 Å². The Morgan fingerprint density at radius 1 is 1.25 bits per heavy atom. The van der Waals surface area contributed by atoms with Crippen LogP contribution >= 0.6 is 0 Å². The maximum Gasteiger partial charge on any atom is 0.238 e. The first-order valence-electron chi connectivity index (χ1n) is 5.95. The zero-order valence-electron chi connectivity index (χ0n) is 10.0. The highest BCUT2D eigenvalue weighted by molar-refractivity contribution is 5.22. The van der Waals surface area contributed by atoms with E-state index in [1.165, 1.54) is 11.1 Å². The number of halogens is 2. The van der Waals surface area contributed by atoms with E-state index in [-0.39, 0.29) is 12.3 Å². The molecule has 0 amide bonds. The van der Waals surface area contributed by atoms with Crippen molar-refractivity contribution < 1.29 is 8.78 Å². The number of alkyl halides is 2. The second kappa shape index (κ2) is 6.62. The largest absolute Gasteiger partial charge is 0.238 e. The third-order valence-electron chi connectivity index (χ3n) is 2.82. The highest BCUT2D eigenvalue weighted by Crippen LogP contribution is 2.21. The molecule has 16 heavy (non-hydrogen) atoms. The molecule has 1 rings (SSSR count). The molecule has 0 aliphatic carbocycles. The smallest absolute Gasteiger partial charge is 0.211 e. The molecule has 0 radical (unpaired) electrons. The molecule has 0 heterocycles. The summed E-state index contributed by atoms with van der Waals surface area (Å²) in [4.78, 5) is 0. The zero-order chi connectivity index (χ0) is 12.0. The van der Waals surface area contributed by atoms with Crippen LogP contribution in [0.1, 0.15) is 37.3 Å². The number of hydrogen-bond acceptors (Lipinski definition) is 0. The van der Waals surface area contributed by atoms with Gasteiger partial charge in [-0.25, -0.2) is 8.78 Å². The van der Waals surface area contributed by atoms with Crippen LogP contribution in [0.5, 0.6) is 0 Å². The number of rotatable bonds is 6. The minimum atomic E-state index is -2.18. The molecule has 0 unspecified atom stereocenters. The second-order valence-electron chi connectivity index (χ2n) is 4.47. The summed E-state index contributed by atoms with van der Waals surface area (Å²) in [6, 6.07) is 8.15. The van der Waals surface area contributed by atoms with E-state index in [0.717, 1.165) is 19.3 Å². The molecule has 1 aromatic carbocycles. The quantitative estimate of drug-likeness (QED) is 0.664. The summed E-state index contributed by atoms with van der Waals surface area (Å²) >= 11 is 0. The van der Waals surface area contributed by atoms with Crippen LogP contribution in [0.3, 0.4) is 0 Å². The monoisotopic (exact) mass is 226 g/mol. The van der Waals surface area contributed by atoms with Crippen molar-refractivity contribution in [3.8, 4) is 0 Å². The molecule has 0 nitrogen and oxygen atoms in total. The Kier molecular flexibility index (Phi) is 5.44. The molecule has 1 atom stereocenters. The van der Waals surface area contributed by atoms with Crippen LogP contribution in [0.2, 0.25) is 0 Å². The topological polar surface area (TPSA) is 0 Å². The van der Waals surface area contributed by atoms with Crippen LogP contribution in [0.15, 0.2) is 24.3 Å². The van der Waals surface area contributed by atoms with E-state index in [2.05, 4.69) is 13.0 Å².